The smallest absolute Gasteiger partial charge is 0.270 e. The lowest BCUT2D eigenvalue weighted by Crippen LogP contribution is -2.49. The monoisotopic (exact) mass is 346 g/mol. The SMILES string of the molecule is CN(C)c1ccc([N+](=O)[O-])cc1C(=O)N1CCCC(N2CCCC2)C1. The molecule has 1 aromatic carbocycles. The number of nitrogens with zero attached hydrogens (tertiary/aromatic N) is 4. The molecule has 2 saturated heterocycles. The Morgan fingerprint density at radius 2 is 1.92 bits per heavy atom. The minimum atomic E-state index is -0.445. The normalized spacial score (nSPS) is 21.4. The molecule has 7 nitrogen and oxygen atoms in total. The van der Waals surface area contributed by atoms with E-state index < -0.39 is 4.92 Å². The van der Waals surface area contributed by atoms with Gasteiger partial charge in [-0.3, -0.25) is 19.8 Å². The molecule has 7 heteroatoms. The van der Waals surface area contributed by atoms with Crippen molar-refractivity contribution in [2.45, 2.75) is 31.7 Å². The average molecular weight is 346 g/mol. The van der Waals surface area contributed by atoms with Crippen molar-refractivity contribution in [1.82, 2.24) is 9.80 Å². The second-order valence-electron chi connectivity index (χ2n) is 7.14. The topological polar surface area (TPSA) is 69.9 Å². The third-order valence-electron chi connectivity index (χ3n) is 5.24. The minimum Gasteiger partial charge on any atom is -0.377 e. The van der Waals surface area contributed by atoms with Gasteiger partial charge in [0.15, 0.2) is 0 Å². The molecular formula is C18H26N4O3. The average Bonchev–Trinajstić information content (AvgIpc) is 3.15. The summed E-state index contributed by atoms with van der Waals surface area (Å²) in [7, 11) is 3.70. The van der Waals surface area contributed by atoms with E-state index in [0.717, 1.165) is 38.2 Å². The van der Waals surface area contributed by atoms with Crippen LogP contribution in [0, 0.1) is 10.1 Å². The number of anilines is 1. The Balaban J connectivity index is 1.83. The number of amides is 1. The number of rotatable bonds is 4. The first kappa shape index (κ1) is 17.7. The van der Waals surface area contributed by atoms with Gasteiger partial charge in [-0.2, -0.15) is 0 Å². The fourth-order valence-corrected chi connectivity index (χ4v) is 3.91. The maximum Gasteiger partial charge on any atom is 0.270 e. The van der Waals surface area contributed by atoms with E-state index in [1.54, 1.807) is 6.07 Å². The Hall–Kier alpha value is -2.15. The van der Waals surface area contributed by atoms with Crippen molar-refractivity contribution in [2.75, 3.05) is 45.2 Å². The van der Waals surface area contributed by atoms with Crippen LogP contribution in [-0.4, -0.2) is 66.9 Å². The van der Waals surface area contributed by atoms with Gasteiger partial charge in [-0.1, -0.05) is 0 Å². The van der Waals surface area contributed by atoms with Gasteiger partial charge in [0.25, 0.3) is 11.6 Å². The van der Waals surface area contributed by atoms with E-state index in [-0.39, 0.29) is 11.6 Å². The lowest BCUT2D eigenvalue weighted by atomic mass is 10.0. The lowest BCUT2D eigenvalue weighted by molar-refractivity contribution is -0.384. The summed E-state index contributed by atoms with van der Waals surface area (Å²) in [5.41, 5.74) is 1.10. The third kappa shape index (κ3) is 3.76. The van der Waals surface area contributed by atoms with Gasteiger partial charge in [-0.15, -0.1) is 0 Å². The van der Waals surface area contributed by atoms with E-state index in [4.69, 9.17) is 0 Å². The van der Waals surface area contributed by atoms with Crippen LogP contribution < -0.4 is 4.90 Å². The molecule has 1 aromatic rings. The highest BCUT2D eigenvalue weighted by Gasteiger charge is 2.31. The van der Waals surface area contributed by atoms with Gasteiger partial charge in [0.1, 0.15) is 0 Å². The van der Waals surface area contributed by atoms with Crippen molar-refractivity contribution in [1.29, 1.82) is 0 Å². The van der Waals surface area contributed by atoms with Crippen molar-refractivity contribution in [3.63, 3.8) is 0 Å². The first-order valence-corrected chi connectivity index (χ1v) is 8.96. The van der Waals surface area contributed by atoms with E-state index >= 15 is 0 Å². The number of non-ortho nitro benzene ring substituents is 1. The van der Waals surface area contributed by atoms with E-state index in [9.17, 15) is 14.9 Å². The van der Waals surface area contributed by atoms with Crippen LogP contribution in [0.15, 0.2) is 18.2 Å². The highest BCUT2D eigenvalue weighted by molar-refractivity contribution is 6.00. The van der Waals surface area contributed by atoms with Crippen LogP contribution in [0.2, 0.25) is 0 Å². The van der Waals surface area contributed by atoms with Gasteiger partial charge in [-0.25, -0.2) is 0 Å². The number of nitro benzene ring substituents is 1. The van der Waals surface area contributed by atoms with Gasteiger partial charge < -0.3 is 9.80 Å². The zero-order valence-corrected chi connectivity index (χ0v) is 15.0. The van der Waals surface area contributed by atoms with Crippen LogP contribution in [0.5, 0.6) is 0 Å². The van der Waals surface area contributed by atoms with Gasteiger partial charge in [0, 0.05) is 51.0 Å². The largest absolute Gasteiger partial charge is 0.377 e. The van der Waals surface area contributed by atoms with Crippen LogP contribution in [0.25, 0.3) is 0 Å². The molecule has 0 bridgehead atoms. The van der Waals surface area contributed by atoms with Gasteiger partial charge in [-0.05, 0) is 44.8 Å². The molecule has 2 aliphatic heterocycles. The molecule has 2 aliphatic rings. The molecule has 1 unspecified atom stereocenters. The van der Waals surface area contributed by atoms with E-state index in [2.05, 4.69) is 4.90 Å². The van der Waals surface area contributed by atoms with Crippen molar-refractivity contribution >= 4 is 17.3 Å². The minimum absolute atomic E-state index is 0.0398. The van der Waals surface area contributed by atoms with Crippen LogP contribution >= 0.6 is 0 Å². The van der Waals surface area contributed by atoms with Crippen molar-refractivity contribution in [3.8, 4) is 0 Å². The molecule has 1 amide bonds. The summed E-state index contributed by atoms with van der Waals surface area (Å²) < 4.78 is 0. The standard InChI is InChI=1S/C18H26N4O3/c1-19(2)17-8-7-14(22(24)25)12-16(17)18(23)21-11-5-6-15(13-21)20-9-3-4-10-20/h7-8,12,15H,3-6,9-11,13H2,1-2H3. The number of hydrogen-bond donors (Lipinski definition) is 0. The molecule has 1 atom stereocenters. The van der Waals surface area contributed by atoms with Crippen LogP contribution in [0.4, 0.5) is 11.4 Å². The summed E-state index contributed by atoms with van der Waals surface area (Å²) in [6.07, 6.45) is 4.58. The predicted octanol–water partition coefficient (Wildman–Crippen LogP) is 2.36. The second-order valence-corrected chi connectivity index (χ2v) is 7.14. The number of hydrogen-bond acceptors (Lipinski definition) is 5. The Morgan fingerprint density at radius 3 is 2.56 bits per heavy atom. The number of benzene rings is 1. The summed E-state index contributed by atoms with van der Waals surface area (Å²) in [5, 5.41) is 11.1. The fourth-order valence-electron chi connectivity index (χ4n) is 3.91. The first-order chi connectivity index (χ1) is 12.0. The summed E-state index contributed by atoms with van der Waals surface area (Å²) in [4.78, 5) is 30.0. The number of piperidine rings is 1. The molecular weight excluding hydrogens is 320 g/mol. The Morgan fingerprint density at radius 1 is 1.20 bits per heavy atom. The van der Waals surface area contributed by atoms with Crippen LogP contribution in [0.3, 0.4) is 0 Å². The number of carbonyl (C=O) groups is 1. The fraction of sp³-hybridized carbons (Fsp3) is 0.611. The van der Waals surface area contributed by atoms with Crippen molar-refractivity contribution < 1.29 is 9.72 Å². The van der Waals surface area contributed by atoms with Gasteiger partial charge in [0.05, 0.1) is 10.5 Å². The summed E-state index contributed by atoms with van der Waals surface area (Å²) in [6, 6.07) is 4.95. The predicted molar refractivity (Wildman–Crippen MR) is 97.2 cm³/mol. The number of nitro groups is 1. The second kappa shape index (κ2) is 7.39. The molecule has 0 aliphatic carbocycles. The van der Waals surface area contributed by atoms with E-state index in [1.807, 2.05) is 23.9 Å². The zero-order chi connectivity index (χ0) is 18.0. The molecule has 0 N–H and O–H groups in total. The number of likely N-dealkylation sites (tertiary alicyclic amines) is 2. The number of carbonyl (C=O) groups excluding carboxylic acids is 1. The van der Waals surface area contributed by atoms with Crippen molar-refractivity contribution in [2.24, 2.45) is 0 Å². The molecule has 0 radical (unpaired) electrons. The molecule has 0 spiro atoms. The highest BCUT2D eigenvalue weighted by Crippen LogP contribution is 2.28. The summed E-state index contributed by atoms with van der Waals surface area (Å²) in [5.74, 6) is -0.101. The molecule has 0 aromatic heterocycles. The quantitative estimate of drug-likeness (QED) is 0.618. The maximum absolute atomic E-state index is 13.1. The molecule has 2 fully saturated rings. The third-order valence-corrected chi connectivity index (χ3v) is 5.24. The molecule has 2 heterocycles. The molecule has 25 heavy (non-hydrogen) atoms. The summed E-state index contributed by atoms with van der Waals surface area (Å²) >= 11 is 0. The molecule has 0 saturated carbocycles. The van der Waals surface area contributed by atoms with Crippen LogP contribution in [-0.2, 0) is 0 Å². The zero-order valence-electron chi connectivity index (χ0n) is 15.0. The Bertz CT molecular complexity index is 656. The van der Waals surface area contributed by atoms with Gasteiger partial charge >= 0.3 is 0 Å². The van der Waals surface area contributed by atoms with Gasteiger partial charge in [0.2, 0.25) is 0 Å². The Labute approximate surface area is 148 Å². The van der Waals surface area contributed by atoms with Crippen molar-refractivity contribution in [3.05, 3.63) is 33.9 Å². The highest BCUT2D eigenvalue weighted by atomic mass is 16.6. The maximum atomic E-state index is 13.1. The first-order valence-electron chi connectivity index (χ1n) is 8.96. The lowest BCUT2D eigenvalue weighted by Gasteiger charge is -2.38. The summed E-state index contributed by atoms with van der Waals surface area (Å²) in [6.45, 7) is 3.67. The van der Waals surface area contributed by atoms with Crippen LogP contribution in [0.1, 0.15) is 36.0 Å². The van der Waals surface area contributed by atoms with E-state index in [1.165, 1.54) is 25.0 Å². The van der Waals surface area contributed by atoms with E-state index in [0.29, 0.717) is 18.2 Å². The molecule has 3 rings (SSSR count). The molecule has 136 valence electrons. The Kier molecular flexibility index (Phi) is 5.22.